The molecule has 0 unspecified atom stereocenters. The first-order valence-corrected chi connectivity index (χ1v) is 6.67. The maximum atomic E-state index is 13.5. The molecule has 0 aliphatic heterocycles. The summed E-state index contributed by atoms with van der Waals surface area (Å²) >= 11 is 1.53. The largest absolute Gasteiger partial charge is 0.485 e. The topological polar surface area (TPSA) is 35.2 Å². The van der Waals surface area contributed by atoms with Crippen molar-refractivity contribution in [3.05, 3.63) is 51.5 Å². The molecule has 1 aromatic carbocycles. The Bertz CT molecular complexity index is 625. The number of ether oxygens (including phenoxy) is 1. The van der Waals surface area contributed by atoms with Crippen LogP contribution in [0.2, 0.25) is 0 Å². The Kier molecular flexibility index (Phi) is 4.56. The zero-order valence-corrected chi connectivity index (χ0v) is 11.4. The van der Waals surface area contributed by atoms with E-state index in [1.54, 1.807) is 12.1 Å². The van der Waals surface area contributed by atoms with E-state index in [1.807, 2.05) is 19.1 Å². The lowest BCUT2D eigenvalue weighted by Gasteiger charge is -2.06. The third-order valence-corrected chi connectivity index (χ3v) is 3.41. The minimum Gasteiger partial charge on any atom is -0.485 e. The molecule has 1 heterocycles. The van der Waals surface area contributed by atoms with Crippen molar-refractivity contribution in [3.63, 3.8) is 0 Å². The monoisotopic (exact) mass is 275 g/mol. The fourth-order valence-corrected chi connectivity index (χ4v) is 2.33. The molecule has 0 radical (unpaired) electrons. The van der Waals surface area contributed by atoms with Crippen molar-refractivity contribution in [2.24, 2.45) is 5.73 Å². The normalized spacial score (nSPS) is 9.84. The average molecular weight is 275 g/mol. The van der Waals surface area contributed by atoms with Crippen LogP contribution >= 0.6 is 11.3 Å². The first-order valence-electron chi connectivity index (χ1n) is 5.85. The summed E-state index contributed by atoms with van der Waals surface area (Å²) in [4.78, 5) is 1.94. The van der Waals surface area contributed by atoms with E-state index in [2.05, 4.69) is 11.8 Å². The number of benzene rings is 1. The van der Waals surface area contributed by atoms with Gasteiger partial charge in [-0.3, -0.25) is 0 Å². The average Bonchev–Trinajstić information content (AvgIpc) is 2.85. The molecule has 0 aliphatic carbocycles. The molecule has 2 rings (SSSR count). The molecule has 2 aromatic rings. The van der Waals surface area contributed by atoms with E-state index in [9.17, 15) is 4.39 Å². The molecule has 0 amide bonds. The molecule has 98 valence electrons. The lowest BCUT2D eigenvalue weighted by Crippen LogP contribution is -1.95. The van der Waals surface area contributed by atoms with Crippen LogP contribution < -0.4 is 10.5 Å². The molecule has 19 heavy (non-hydrogen) atoms. The number of rotatable bonds is 3. The van der Waals surface area contributed by atoms with Gasteiger partial charge in [0.05, 0.1) is 11.4 Å². The van der Waals surface area contributed by atoms with Gasteiger partial charge in [-0.1, -0.05) is 17.9 Å². The number of hydrogen-bond donors (Lipinski definition) is 1. The number of thiophene rings is 1. The van der Waals surface area contributed by atoms with Gasteiger partial charge in [-0.25, -0.2) is 4.39 Å². The first-order chi connectivity index (χ1) is 9.19. The van der Waals surface area contributed by atoms with Crippen molar-refractivity contribution < 1.29 is 9.13 Å². The maximum absolute atomic E-state index is 13.5. The van der Waals surface area contributed by atoms with Crippen LogP contribution in [0.1, 0.15) is 15.3 Å². The van der Waals surface area contributed by atoms with Crippen LogP contribution in [-0.4, -0.2) is 6.54 Å². The Labute approximate surface area is 116 Å². The zero-order valence-electron chi connectivity index (χ0n) is 10.6. The lowest BCUT2D eigenvalue weighted by atomic mass is 10.2. The lowest BCUT2D eigenvalue weighted by molar-refractivity contribution is 0.293. The summed E-state index contributed by atoms with van der Waals surface area (Å²) in [5.41, 5.74) is 6.28. The van der Waals surface area contributed by atoms with Crippen LogP contribution in [0, 0.1) is 24.6 Å². The van der Waals surface area contributed by atoms with Gasteiger partial charge in [0.1, 0.15) is 6.61 Å². The fourth-order valence-electron chi connectivity index (χ4n) is 1.53. The van der Waals surface area contributed by atoms with Gasteiger partial charge in [-0.2, -0.15) is 0 Å². The van der Waals surface area contributed by atoms with Gasteiger partial charge in [0, 0.05) is 4.88 Å². The maximum Gasteiger partial charge on any atom is 0.165 e. The molecule has 0 aliphatic rings. The Morgan fingerprint density at radius 2 is 2.16 bits per heavy atom. The fraction of sp³-hybridized carbons (Fsp3) is 0.200. The SMILES string of the molecule is Cc1ccc(F)c(OCc2ccc(C#CCN)s2)c1. The van der Waals surface area contributed by atoms with E-state index in [4.69, 9.17) is 10.5 Å². The predicted molar refractivity (Wildman–Crippen MR) is 75.7 cm³/mol. The molecule has 1 aromatic heterocycles. The van der Waals surface area contributed by atoms with Gasteiger partial charge >= 0.3 is 0 Å². The molecular formula is C15H14FNOS. The van der Waals surface area contributed by atoms with Gasteiger partial charge < -0.3 is 10.5 Å². The van der Waals surface area contributed by atoms with Gasteiger partial charge in [-0.15, -0.1) is 11.3 Å². The van der Waals surface area contributed by atoms with E-state index in [-0.39, 0.29) is 11.6 Å². The smallest absolute Gasteiger partial charge is 0.165 e. The highest BCUT2D eigenvalue weighted by molar-refractivity contribution is 7.12. The summed E-state index contributed by atoms with van der Waals surface area (Å²) in [6.07, 6.45) is 0. The quantitative estimate of drug-likeness (QED) is 0.874. The van der Waals surface area contributed by atoms with Crippen molar-refractivity contribution in [2.45, 2.75) is 13.5 Å². The highest BCUT2D eigenvalue weighted by Gasteiger charge is 2.05. The summed E-state index contributed by atoms with van der Waals surface area (Å²) in [7, 11) is 0. The summed E-state index contributed by atoms with van der Waals surface area (Å²) in [5.74, 6) is 5.69. The molecule has 4 heteroatoms. The number of halogens is 1. The van der Waals surface area contributed by atoms with Crippen molar-refractivity contribution in [2.75, 3.05) is 6.54 Å². The third-order valence-electron chi connectivity index (χ3n) is 2.43. The molecule has 0 atom stereocenters. The van der Waals surface area contributed by atoms with Crippen molar-refractivity contribution in [1.82, 2.24) is 0 Å². The second kappa shape index (κ2) is 6.37. The second-order valence-electron chi connectivity index (χ2n) is 3.99. The van der Waals surface area contributed by atoms with Crippen molar-refractivity contribution in [3.8, 4) is 17.6 Å². The van der Waals surface area contributed by atoms with Gasteiger partial charge in [-0.05, 0) is 36.8 Å². The van der Waals surface area contributed by atoms with Crippen LogP contribution in [0.25, 0.3) is 0 Å². The van der Waals surface area contributed by atoms with Gasteiger partial charge in [0.25, 0.3) is 0 Å². The first kappa shape index (κ1) is 13.6. The summed E-state index contributed by atoms with van der Waals surface area (Å²) < 4.78 is 19.0. The van der Waals surface area contributed by atoms with Crippen LogP contribution in [0.4, 0.5) is 4.39 Å². The van der Waals surface area contributed by atoms with E-state index in [0.717, 1.165) is 15.3 Å². The molecule has 0 bridgehead atoms. The minimum absolute atomic E-state index is 0.281. The number of aryl methyl sites for hydroxylation is 1. The molecule has 0 saturated heterocycles. The summed E-state index contributed by atoms with van der Waals surface area (Å²) in [5, 5.41) is 0. The van der Waals surface area contributed by atoms with Gasteiger partial charge in [0.2, 0.25) is 0 Å². The molecule has 0 fully saturated rings. The minimum atomic E-state index is -0.342. The summed E-state index contributed by atoms with van der Waals surface area (Å²) in [6.45, 7) is 2.59. The van der Waals surface area contributed by atoms with Gasteiger partial charge in [0.15, 0.2) is 11.6 Å². The molecule has 0 spiro atoms. The Morgan fingerprint density at radius 3 is 2.95 bits per heavy atom. The molecule has 2 N–H and O–H groups in total. The van der Waals surface area contributed by atoms with E-state index in [1.165, 1.54) is 17.4 Å². The van der Waals surface area contributed by atoms with E-state index in [0.29, 0.717) is 13.2 Å². The highest BCUT2D eigenvalue weighted by atomic mass is 32.1. The van der Waals surface area contributed by atoms with Crippen molar-refractivity contribution in [1.29, 1.82) is 0 Å². The van der Waals surface area contributed by atoms with Crippen molar-refractivity contribution >= 4 is 11.3 Å². The number of hydrogen-bond acceptors (Lipinski definition) is 3. The van der Waals surface area contributed by atoms with Crippen LogP contribution in [-0.2, 0) is 6.61 Å². The van der Waals surface area contributed by atoms with E-state index < -0.39 is 0 Å². The summed E-state index contributed by atoms with van der Waals surface area (Å²) in [6, 6.07) is 8.67. The standard InChI is InChI=1S/C15H14FNOS/c1-11-4-7-14(16)15(9-11)18-10-13-6-5-12(19-13)3-2-8-17/h4-7,9H,8,10,17H2,1H3. The van der Waals surface area contributed by atoms with Crippen LogP contribution in [0.15, 0.2) is 30.3 Å². The second-order valence-corrected chi connectivity index (χ2v) is 5.16. The Balaban J connectivity index is 2.02. The zero-order chi connectivity index (χ0) is 13.7. The predicted octanol–water partition coefficient (Wildman–Crippen LogP) is 3.08. The number of nitrogens with two attached hydrogens (primary N) is 1. The van der Waals surface area contributed by atoms with Crippen LogP contribution in [0.3, 0.4) is 0 Å². The molecule has 2 nitrogen and oxygen atoms in total. The molecule has 0 saturated carbocycles. The third kappa shape index (κ3) is 3.82. The van der Waals surface area contributed by atoms with Crippen LogP contribution in [0.5, 0.6) is 5.75 Å². The Morgan fingerprint density at radius 1 is 1.32 bits per heavy atom. The highest BCUT2D eigenvalue weighted by Crippen LogP contribution is 2.22. The Hall–Kier alpha value is -1.83. The van der Waals surface area contributed by atoms with E-state index >= 15 is 0 Å². The molecular weight excluding hydrogens is 261 g/mol.